The van der Waals surface area contributed by atoms with Crippen molar-refractivity contribution >= 4 is 11.6 Å². The van der Waals surface area contributed by atoms with Crippen molar-refractivity contribution in [3.63, 3.8) is 0 Å². The quantitative estimate of drug-likeness (QED) is 0.872. The van der Waals surface area contributed by atoms with Crippen molar-refractivity contribution in [2.75, 3.05) is 17.2 Å². The first-order valence-corrected chi connectivity index (χ1v) is 8.24. The summed E-state index contributed by atoms with van der Waals surface area (Å²) < 4.78 is 0. The van der Waals surface area contributed by atoms with E-state index in [1.54, 1.807) is 0 Å². The van der Waals surface area contributed by atoms with Gasteiger partial charge in [-0.25, -0.2) is 4.98 Å². The lowest BCUT2D eigenvalue weighted by atomic mass is 9.53. The van der Waals surface area contributed by atoms with Crippen LogP contribution in [0.15, 0.2) is 18.2 Å². The largest absolute Gasteiger partial charge is 0.370 e. The fourth-order valence-electron chi connectivity index (χ4n) is 5.32. The molecule has 0 aromatic carbocycles. The van der Waals surface area contributed by atoms with Gasteiger partial charge in [-0.15, -0.1) is 0 Å². The Morgan fingerprint density at radius 1 is 1.05 bits per heavy atom. The average Bonchev–Trinajstić information content (AvgIpc) is 2.37. The number of nitrogens with one attached hydrogen (secondary N) is 2. The summed E-state index contributed by atoms with van der Waals surface area (Å²) in [6.45, 7) is 3.04. The summed E-state index contributed by atoms with van der Waals surface area (Å²) in [5, 5.41) is 7.14. The van der Waals surface area contributed by atoms with Crippen molar-refractivity contribution in [1.29, 1.82) is 0 Å². The highest BCUT2D eigenvalue weighted by Gasteiger charge is 2.51. The van der Waals surface area contributed by atoms with Gasteiger partial charge in [-0.1, -0.05) is 6.07 Å². The Morgan fingerprint density at radius 2 is 1.65 bits per heavy atom. The van der Waals surface area contributed by atoms with Crippen LogP contribution in [-0.4, -0.2) is 17.1 Å². The molecule has 20 heavy (non-hydrogen) atoms. The normalized spacial score (nSPS) is 38.0. The minimum Gasteiger partial charge on any atom is -0.370 e. The van der Waals surface area contributed by atoms with E-state index in [2.05, 4.69) is 29.7 Å². The molecule has 4 aliphatic carbocycles. The first-order chi connectivity index (χ1) is 9.75. The van der Waals surface area contributed by atoms with Gasteiger partial charge in [0.2, 0.25) is 0 Å². The van der Waals surface area contributed by atoms with Crippen LogP contribution >= 0.6 is 0 Å². The van der Waals surface area contributed by atoms with Crippen molar-refractivity contribution in [3.05, 3.63) is 18.2 Å². The molecule has 0 radical (unpaired) electrons. The molecule has 3 nitrogen and oxygen atoms in total. The molecule has 5 rings (SSSR count). The maximum absolute atomic E-state index is 4.72. The van der Waals surface area contributed by atoms with Crippen LogP contribution in [0.5, 0.6) is 0 Å². The lowest BCUT2D eigenvalue weighted by Gasteiger charge is -2.57. The molecule has 0 atom stereocenters. The number of hydrogen-bond acceptors (Lipinski definition) is 3. The van der Waals surface area contributed by atoms with E-state index in [9.17, 15) is 0 Å². The second-order valence-corrected chi connectivity index (χ2v) is 7.26. The van der Waals surface area contributed by atoms with Crippen LogP contribution < -0.4 is 10.6 Å². The summed E-state index contributed by atoms with van der Waals surface area (Å²) in [6, 6.07) is 6.28. The van der Waals surface area contributed by atoms with Gasteiger partial charge in [0, 0.05) is 12.1 Å². The third-order valence-electron chi connectivity index (χ3n) is 5.54. The first-order valence-electron chi connectivity index (χ1n) is 8.24. The van der Waals surface area contributed by atoms with Crippen LogP contribution in [0.2, 0.25) is 0 Å². The molecule has 4 aliphatic rings. The molecule has 4 saturated carbocycles. The molecule has 0 saturated heterocycles. The maximum atomic E-state index is 4.72. The van der Waals surface area contributed by atoms with E-state index in [4.69, 9.17) is 4.98 Å². The molecule has 108 valence electrons. The van der Waals surface area contributed by atoms with Crippen LogP contribution in [0.25, 0.3) is 0 Å². The van der Waals surface area contributed by atoms with E-state index in [0.29, 0.717) is 5.54 Å². The van der Waals surface area contributed by atoms with Crippen molar-refractivity contribution in [1.82, 2.24) is 4.98 Å². The Bertz CT molecular complexity index is 461. The number of hydrogen-bond donors (Lipinski definition) is 2. The predicted octanol–water partition coefficient (Wildman–Crippen LogP) is 3.89. The van der Waals surface area contributed by atoms with Crippen molar-refractivity contribution in [3.8, 4) is 0 Å². The molecule has 4 bridgehead atoms. The molecule has 1 aromatic heterocycles. The van der Waals surface area contributed by atoms with E-state index in [1.165, 1.54) is 38.5 Å². The van der Waals surface area contributed by atoms with Gasteiger partial charge >= 0.3 is 0 Å². The Morgan fingerprint density at radius 3 is 2.25 bits per heavy atom. The third kappa shape index (κ3) is 2.17. The van der Waals surface area contributed by atoms with E-state index >= 15 is 0 Å². The van der Waals surface area contributed by atoms with Gasteiger partial charge in [0.25, 0.3) is 0 Å². The molecule has 0 unspecified atom stereocenters. The molecule has 2 N–H and O–H groups in total. The predicted molar refractivity (Wildman–Crippen MR) is 82.9 cm³/mol. The van der Waals surface area contributed by atoms with E-state index in [0.717, 1.165) is 35.9 Å². The van der Waals surface area contributed by atoms with Crippen LogP contribution in [-0.2, 0) is 0 Å². The van der Waals surface area contributed by atoms with Crippen LogP contribution in [0, 0.1) is 17.8 Å². The fourth-order valence-corrected chi connectivity index (χ4v) is 5.32. The Balaban J connectivity index is 1.55. The topological polar surface area (TPSA) is 37.0 Å². The highest BCUT2D eigenvalue weighted by Crippen LogP contribution is 2.56. The van der Waals surface area contributed by atoms with Gasteiger partial charge in [0.05, 0.1) is 0 Å². The summed E-state index contributed by atoms with van der Waals surface area (Å²) in [5.41, 5.74) is 0.354. The monoisotopic (exact) mass is 271 g/mol. The molecule has 3 heteroatoms. The van der Waals surface area contributed by atoms with Crippen molar-refractivity contribution < 1.29 is 0 Å². The molecule has 0 aliphatic heterocycles. The van der Waals surface area contributed by atoms with Gasteiger partial charge in [-0.2, -0.15) is 0 Å². The third-order valence-corrected chi connectivity index (χ3v) is 5.54. The standard InChI is InChI=1S/C17H25N3/c1-2-18-15-4-3-5-16(19-15)20-17-9-12-6-13(10-17)8-14(7-12)11-17/h3-5,12-14H,2,6-11H2,1H3,(H2,18,19,20). The second-order valence-electron chi connectivity index (χ2n) is 7.26. The van der Waals surface area contributed by atoms with E-state index in [-0.39, 0.29) is 0 Å². The first kappa shape index (κ1) is 12.5. The highest BCUT2D eigenvalue weighted by atomic mass is 15.1. The average molecular weight is 271 g/mol. The van der Waals surface area contributed by atoms with Crippen molar-refractivity contribution in [2.45, 2.75) is 51.0 Å². The summed E-state index contributed by atoms with van der Waals surface area (Å²) in [4.78, 5) is 4.72. The lowest BCUT2D eigenvalue weighted by molar-refractivity contribution is 0.0105. The van der Waals surface area contributed by atoms with E-state index < -0.39 is 0 Å². The zero-order valence-electron chi connectivity index (χ0n) is 12.4. The molecule has 0 amide bonds. The fraction of sp³-hybridized carbons (Fsp3) is 0.706. The molecule has 1 aromatic rings. The number of anilines is 2. The Hall–Kier alpha value is -1.25. The number of aromatic nitrogens is 1. The van der Waals surface area contributed by atoms with E-state index in [1.807, 2.05) is 6.07 Å². The molecule has 1 heterocycles. The van der Waals surface area contributed by atoms with Crippen LogP contribution in [0.4, 0.5) is 11.6 Å². The number of nitrogens with zero attached hydrogens (tertiary/aromatic N) is 1. The van der Waals surface area contributed by atoms with Crippen LogP contribution in [0.3, 0.4) is 0 Å². The van der Waals surface area contributed by atoms with Gasteiger partial charge in [0.15, 0.2) is 0 Å². The van der Waals surface area contributed by atoms with Gasteiger partial charge in [0.1, 0.15) is 11.6 Å². The minimum atomic E-state index is 0.354. The minimum absolute atomic E-state index is 0.354. The van der Waals surface area contributed by atoms with Gasteiger partial charge in [-0.05, 0) is 75.3 Å². The van der Waals surface area contributed by atoms with Gasteiger partial charge < -0.3 is 10.6 Å². The molecule has 0 spiro atoms. The summed E-state index contributed by atoms with van der Waals surface area (Å²) in [6.07, 6.45) is 8.58. The van der Waals surface area contributed by atoms with Crippen molar-refractivity contribution in [2.24, 2.45) is 17.8 Å². The van der Waals surface area contributed by atoms with Crippen LogP contribution in [0.1, 0.15) is 45.4 Å². The zero-order valence-corrected chi connectivity index (χ0v) is 12.4. The SMILES string of the molecule is CCNc1cccc(NC23CC4CC(CC(C4)C2)C3)n1. The maximum Gasteiger partial charge on any atom is 0.128 e. The molecule has 4 fully saturated rings. The Kier molecular flexibility index (Phi) is 2.90. The second kappa shape index (κ2) is 4.64. The summed E-state index contributed by atoms with van der Waals surface area (Å²) >= 11 is 0. The van der Waals surface area contributed by atoms with Gasteiger partial charge in [-0.3, -0.25) is 0 Å². The number of pyridine rings is 1. The smallest absolute Gasteiger partial charge is 0.128 e. The summed E-state index contributed by atoms with van der Waals surface area (Å²) in [7, 11) is 0. The molecular formula is C17H25N3. The molecular weight excluding hydrogens is 246 g/mol. The zero-order chi connectivity index (χ0) is 13.6. The number of rotatable bonds is 4. The summed E-state index contributed by atoms with van der Waals surface area (Å²) in [5.74, 6) is 4.98. The lowest BCUT2D eigenvalue weighted by Crippen LogP contribution is -2.54. The highest BCUT2D eigenvalue weighted by molar-refractivity contribution is 5.47. The Labute approximate surface area is 121 Å².